The lowest BCUT2D eigenvalue weighted by atomic mass is 10.1. The van der Waals surface area contributed by atoms with E-state index in [0.717, 1.165) is 6.26 Å². The van der Waals surface area contributed by atoms with E-state index < -0.39 is 20.6 Å². The fourth-order valence-electron chi connectivity index (χ4n) is 0.828. The maximum Gasteiger partial charge on any atom is 0.324 e. The van der Waals surface area contributed by atoms with Gasteiger partial charge in [-0.3, -0.25) is 4.79 Å². The number of rotatable bonds is 5. The van der Waals surface area contributed by atoms with E-state index in [1.54, 1.807) is 0 Å². The van der Waals surface area contributed by atoms with Crippen LogP contribution in [0.2, 0.25) is 0 Å². The van der Waals surface area contributed by atoms with Crippen LogP contribution in [-0.4, -0.2) is 30.5 Å². The van der Waals surface area contributed by atoms with Gasteiger partial charge < -0.3 is 5.11 Å². The van der Waals surface area contributed by atoms with Crippen LogP contribution in [0.15, 0.2) is 12.7 Å². The molecule has 0 aromatic carbocycles. The minimum atomic E-state index is -3.58. The lowest BCUT2D eigenvalue weighted by Gasteiger charge is -2.21. The van der Waals surface area contributed by atoms with Gasteiger partial charge in [-0.25, -0.2) is 8.42 Å². The lowest BCUT2D eigenvalue weighted by molar-refractivity contribution is -0.139. The number of sulfone groups is 1. The Kier molecular flexibility index (Phi) is 3.66. The second kappa shape index (κ2) is 3.91. The molecule has 1 N–H and O–H groups in total. The van der Waals surface area contributed by atoms with E-state index in [1.807, 2.05) is 0 Å². The summed E-state index contributed by atoms with van der Waals surface area (Å²) in [6, 6.07) is 0. The van der Waals surface area contributed by atoms with Crippen molar-refractivity contribution in [3.05, 3.63) is 12.7 Å². The fourth-order valence-corrected chi connectivity index (χ4v) is 1.63. The molecule has 0 heterocycles. The van der Waals surface area contributed by atoms with Crippen LogP contribution in [-0.2, 0) is 14.6 Å². The van der Waals surface area contributed by atoms with Crippen LogP contribution >= 0.6 is 0 Å². The van der Waals surface area contributed by atoms with E-state index in [-0.39, 0.29) is 6.42 Å². The molecule has 0 bridgehead atoms. The zero-order chi connectivity index (χ0) is 10.7. The fraction of sp³-hybridized carbons (Fsp3) is 0.625. The second-order valence-corrected chi connectivity index (χ2v) is 5.58. The summed E-state index contributed by atoms with van der Waals surface area (Å²) in [5, 5.41) is 8.78. The number of allylic oxidation sites excluding steroid dienone is 1. The normalized spacial score (nSPS) is 16.2. The first-order valence-corrected chi connectivity index (χ1v) is 5.68. The van der Waals surface area contributed by atoms with Gasteiger partial charge in [0.2, 0.25) is 0 Å². The first-order chi connectivity index (χ1) is 5.75. The van der Waals surface area contributed by atoms with Crippen molar-refractivity contribution in [1.82, 2.24) is 0 Å². The Balaban J connectivity index is 4.97. The number of hydrogen-bond acceptors (Lipinski definition) is 3. The van der Waals surface area contributed by atoms with Crippen LogP contribution in [0.5, 0.6) is 0 Å². The number of aliphatic carboxylic acids is 1. The summed E-state index contributed by atoms with van der Waals surface area (Å²) in [7, 11) is -3.58. The van der Waals surface area contributed by atoms with Gasteiger partial charge >= 0.3 is 5.97 Å². The lowest BCUT2D eigenvalue weighted by Crippen LogP contribution is -2.42. The van der Waals surface area contributed by atoms with Gasteiger partial charge in [0, 0.05) is 6.26 Å². The maximum absolute atomic E-state index is 11.2. The van der Waals surface area contributed by atoms with E-state index in [9.17, 15) is 13.2 Å². The van der Waals surface area contributed by atoms with Gasteiger partial charge in [0.05, 0.1) is 0 Å². The Bertz CT molecular complexity index is 304. The molecule has 13 heavy (non-hydrogen) atoms. The molecule has 0 aliphatic heterocycles. The summed E-state index contributed by atoms with van der Waals surface area (Å²) >= 11 is 0. The summed E-state index contributed by atoms with van der Waals surface area (Å²) < 4.78 is 20.7. The van der Waals surface area contributed by atoms with Crippen LogP contribution in [0, 0.1) is 0 Å². The smallest absolute Gasteiger partial charge is 0.324 e. The molecular formula is C8H14O4S. The molecule has 0 aliphatic carbocycles. The molecule has 1 atom stereocenters. The molecule has 0 fully saturated rings. The maximum atomic E-state index is 11.2. The van der Waals surface area contributed by atoms with E-state index >= 15 is 0 Å². The third-order valence-electron chi connectivity index (χ3n) is 2.10. The minimum Gasteiger partial charge on any atom is -0.480 e. The molecule has 0 aromatic rings. The van der Waals surface area contributed by atoms with E-state index in [4.69, 9.17) is 5.11 Å². The highest BCUT2D eigenvalue weighted by atomic mass is 32.2. The molecule has 0 saturated carbocycles. The molecule has 0 radical (unpaired) electrons. The SMILES string of the molecule is C=CCCC(C)(C(=O)O)S(C)(=O)=O. The van der Waals surface area contributed by atoms with Gasteiger partial charge in [0.15, 0.2) is 14.6 Å². The van der Waals surface area contributed by atoms with Crippen molar-refractivity contribution in [2.75, 3.05) is 6.26 Å². The Morgan fingerprint density at radius 2 is 2.08 bits per heavy atom. The molecule has 0 aliphatic rings. The first kappa shape index (κ1) is 12.2. The van der Waals surface area contributed by atoms with Crippen molar-refractivity contribution < 1.29 is 18.3 Å². The predicted molar refractivity (Wildman–Crippen MR) is 50.3 cm³/mol. The highest BCUT2D eigenvalue weighted by molar-refractivity contribution is 7.92. The number of carboxylic acid groups (broad SMARTS) is 1. The third kappa shape index (κ3) is 2.55. The van der Waals surface area contributed by atoms with Crippen LogP contribution in [0.1, 0.15) is 19.8 Å². The summed E-state index contributed by atoms with van der Waals surface area (Å²) in [6.07, 6.45) is 2.87. The van der Waals surface area contributed by atoms with Gasteiger partial charge in [-0.05, 0) is 19.8 Å². The second-order valence-electron chi connectivity index (χ2n) is 3.14. The topological polar surface area (TPSA) is 71.4 Å². The predicted octanol–water partition coefficient (Wildman–Crippen LogP) is 0.841. The van der Waals surface area contributed by atoms with Crippen molar-refractivity contribution in [3.8, 4) is 0 Å². The van der Waals surface area contributed by atoms with Crippen LogP contribution in [0.25, 0.3) is 0 Å². The summed E-state index contributed by atoms with van der Waals surface area (Å²) in [5.41, 5.74) is 0. The number of hydrogen-bond donors (Lipinski definition) is 1. The molecule has 0 aromatic heterocycles. The zero-order valence-corrected chi connectivity index (χ0v) is 8.60. The molecule has 4 nitrogen and oxygen atoms in total. The Hall–Kier alpha value is -0.840. The molecular weight excluding hydrogens is 192 g/mol. The van der Waals surface area contributed by atoms with Gasteiger partial charge in [0.1, 0.15) is 0 Å². The largest absolute Gasteiger partial charge is 0.480 e. The Labute approximate surface area is 78.2 Å². The van der Waals surface area contributed by atoms with Crippen LogP contribution in [0.3, 0.4) is 0 Å². The average Bonchev–Trinajstić information content (AvgIpc) is 1.97. The molecule has 0 saturated heterocycles. The molecule has 5 heteroatoms. The van der Waals surface area contributed by atoms with Crippen molar-refractivity contribution in [2.45, 2.75) is 24.5 Å². The molecule has 0 rings (SSSR count). The van der Waals surface area contributed by atoms with Crippen molar-refractivity contribution in [3.63, 3.8) is 0 Å². The van der Waals surface area contributed by atoms with Crippen LogP contribution < -0.4 is 0 Å². The number of carbonyl (C=O) groups is 1. The van der Waals surface area contributed by atoms with E-state index in [1.165, 1.54) is 13.0 Å². The third-order valence-corrected chi connectivity index (χ3v) is 4.11. The summed E-state index contributed by atoms with van der Waals surface area (Å²) in [6.45, 7) is 4.63. The van der Waals surface area contributed by atoms with Crippen molar-refractivity contribution >= 4 is 15.8 Å². The quantitative estimate of drug-likeness (QED) is 0.677. The average molecular weight is 206 g/mol. The van der Waals surface area contributed by atoms with Crippen molar-refractivity contribution in [2.24, 2.45) is 0 Å². The van der Waals surface area contributed by atoms with Crippen LogP contribution in [0.4, 0.5) is 0 Å². The van der Waals surface area contributed by atoms with Gasteiger partial charge in [-0.2, -0.15) is 0 Å². The Morgan fingerprint density at radius 1 is 1.62 bits per heavy atom. The number of carboxylic acids is 1. The standard InChI is InChI=1S/C8H14O4S/c1-4-5-6-8(2,7(9)10)13(3,11)12/h4H,1,5-6H2,2-3H3,(H,9,10). The molecule has 1 unspecified atom stereocenters. The van der Waals surface area contributed by atoms with E-state index in [0.29, 0.717) is 6.42 Å². The zero-order valence-electron chi connectivity index (χ0n) is 7.78. The summed E-state index contributed by atoms with van der Waals surface area (Å²) in [5.74, 6) is -1.31. The van der Waals surface area contributed by atoms with Crippen molar-refractivity contribution in [1.29, 1.82) is 0 Å². The highest BCUT2D eigenvalue weighted by Gasteiger charge is 2.42. The van der Waals surface area contributed by atoms with Gasteiger partial charge in [-0.1, -0.05) is 6.08 Å². The first-order valence-electron chi connectivity index (χ1n) is 3.79. The van der Waals surface area contributed by atoms with Gasteiger partial charge in [0.25, 0.3) is 0 Å². The highest BCUT2D eigenvalue weighted by Crippen LogP contribution is 2.22. The van der Waals surface area contributed by atoms with Gasteiger partial charge in [-0.15, -0.1) is 6.58 Å². The monoisotopic (exact) mass is 206 g/mol. The van der Waals surface area contributed by atoms with E-state index in [2.05, 4.69) is 6.58 Å². The molecule has 76 valence electrons. The minimum absolute atomic E-state index is 0.0602. The Morgan fingerprint density at radius 3 is 2.31 bits per heavy atom. The molecule has 0 spiro atoms. The molecule has 0 amide bonds. The summed E-state index contributed by atoms with van der Waals surface area (Å²) in [4.78, 5) is 10.8.